The van der Waals surface area contributed by atoms with E-state index in [1.165, 1.54) is 0 Å². The average Bonchev–Trinajstić information content (AvgIpc) is 2.32. The zero-order valence-electron chi connectivity index (χ0n) is 13.7. The maximum Gasteiger partial charge on any atom is 0.165 e. The summed E-state index contributed by atoms with van der Waals surface area (Å²) in [7, 11) is 1.57. The molecule has 4 nitrogen and oxygen atoms in total. The molecule has 0 aromatic heterocycles. The van der Waals surface area contributed by atoms with Crippen molar-refractivity contribution in [3.05, 3.63) is 22.7 Å². The van der Waals surface area contributed by atoms with Crippen LogP contribution in [0.4, 0.5) is 0 Å². The summed E-state index contributed by atoms with van der Waals surface area (Å²) in [6, 6.07) is 3.56. The normalized spacial score (nSPS) is 12.4. The van der Waals surface area contributed by atoms with Crippen molar-refractivity contribution in [3.8, 4) is 11.5 Å². The predicted molar refractivity (Wildman–Crippen MR) is 86.4 cm³/mol. The van der Waals surface area contributed by atoms with Gasteiger partial charge in [0.05, 0.1) is 12.7 Å². The van der Waals surface area contributed by atoms with Crippen molar-refractivity contribution in [2.24, 2.45) is 0 Å². The van der Waals surface area contributed by atoms with Crippen LogP contribution in [0.5, 0.6) is 11.5 Å². The van der Waals surface area contributed by atoms with Gasteiger partial charge in [0.1, 0.15) is 6.61 Å². The monoisotopic (exact) mass is 315 g/mol. The van der Waals surface area contributed by atoms with E-state index in [4.69, 9.17) is 21.1 Å². The smallest absolute Gasteiger partial charge is 0.165 e. The van der Waals surface area contributed by atoms with Gasteiger partial charge in [-0.3, -0.25) is 0 Å². The highest BCUT2D eigenvalue weighted by molar-refractivity contribution is 6.30. The third kappa shape index (κ3) is 6.55. The van der Waals surface area contributed by atoms with E-state index in [1.807, 2.05) is 6.07 Å². The fourth-order valence-electron chi connectivity index (χ4n) is 1.68. The molecule has 5 heteroatoms. The van der Waals surface area contributed by atoms with Gasteiger partial charge in [0.15, 0.2) is 11.5 Å². The van der Waals surface area contributed by atoms with Crippen molar-refractivity contribution in [1.29, 1.82) is 0 Å². The molecule has 0 atom stereocenters. The van der Waals surface area contributed by atoms with Crippen LogP contribution in [0.3, 0.4) is 0 Å². The van der Waals surface area contributed by atoms with Crippen LogP contribution in [-0.4, -0.2) is 30.0 Å². The van der Waals surface area contributed by atoms with E-state index >= 15 is 0 Å². The lowest BCUT2D eigenvalue weighted by molar-refractivity contribution is 0.0272. The first-order valence-corrected chi connectivity index (χ1v) is 7.36. The zero-order chi connectivity index (χ0) is 16.3. The molecule has 21 heavy (non-hydrogen) atoms. The molecule has 0 radical (unpaired) electrons. The van der Waals surface area contributed by atoms with Gasteiger partial charge >= 0.3 is 0 Å². The number of methoxy groups -OCH3 is 1. The third-order valence-corrected chi connectivity index (χ3v) is 2.91. The van der Waals surface area contributed by atoms with Crippen LogP contribution < -0.4 is 14.8 Å². The summed E-state index contributed by atoms with van der Waals surface area (Å²) in [6.07, 6.45) is 0. The first-order chi connectivity index (χ1) is 9.52. The number of benzene rings is 1. The van der Waals surface area contributed by atoms with Crippen LogP contribution >= 0.6 is 11.6 Å². The van der Waals surface area contributed by atoms with Crippen molar-refractivity contribution in [1.82, 2.24) is 5.32 Å². The molecule has 0 saturated heterocycles. The summed E-state index contributed by atoms with van der Waals surface area (Å²) in [5, 5.41) is 13.8. The molecule has 0 amide bonds. The number of ether oxygens (including phenoxy) is 2. The highest BCUT2D eigenvalue weighted by Gasteiger charge is 2.19. The van der Waals surface area contributed by atoms with Crippen molar-refractivity contribution >= 4 is 11.6 Å². The Bertz CT molecular complexity index is 476. The van der Waals surface area contributed by atoms with Crippen molar-refractivity contribution < 1.29 is 14.6 Å². The maximum absolute atomic E-state index is 9.84. The molecule has 1 aromatic carbocycles. The van der Waals surface area contributed by atoms with Gasteiger partial charge in [-0.25, -0.2) is 0 Å². The SMILES string of the molecule is COc1cc(Cl)cc(CNC(C)(C)C)c1OCC(C)(C)O. The van der Waals surface area contributed by atoms with Crippen LogP contribution in [0.1, 0.15) is 40.2 Å². The van der Waals surface area contributed by atoms with Crippen molar-refractivity contribution in [2.75, 3.05) is 13.7 Å². The van der Waals surface area contributed by atoms with E-state index in [9.17, 15) is 5.11 Å². The Hall–Kier alpha value is -0.970. The Balaban J connectivity index is 3.05. The van der Waals surface area contributed by atoms with Crippen LogP contribution in [0, 0.1) is 0 Å². The second-order valence-corrected chi connectivity index (χ2v) is 7.24. The topological polar surface area (TPSA) is 50.7 Å². The number of hydrogen-bond acceptors (Lipinski definition) is 4. The molecule has 2 N–H and O–H groups in total. The molecule has 0 fully saturated rings. The van der Waals surface area contributed by atoms with Crippen LogP contribution in [0.2, 0.25) is 5.02 Å². The third-order valence-electron chi connectivity index (χ3n) is 2.70. The molecular weight excluding hydrogens is 290 g/mol. The highest BCUT2D eigenvalue weighted by Crippen LogP contribution is 2.35. The first-order valence-electron chi connectivity index (χ1n) is 6.98. The minimum Gasteiger partial charge on any atom is -0.493 e. The average molecular weight is 316 g/mol. The van der Waals surface area contributed by atoms with Crippen molar-refractivity contribution in [3.63, 3.8) is 0 Å². The number of hydrogen-bond donors (Lipinski definition) is 2. The Morgan fingerprint density at radius 3 is 2.29 bits per heavy atom. The predicted octanol–water partition coefficient (Wildman–Crippen LogP) is 3.39. The van der Waals surface area contributed by atoms with Gasteiger partial charge in [0, 0.05) is 28.7 Å². The fraction of sp³-hybridized carbons (Fsp3) is 0.625. The molecule has 0 saturated carbocycles. The molecule has 0 aliphatic heterocycles. The lowest BCUT2D eigenvalue weighted by Crippen LogP contribution is -2.35. The number of aliphatic hydroxyl groups is 1. The molecule has 120 valence electrons. The summed E-state index contributed by atoms with van der Waals surface area (Å²) in [6.45, 7) is 10.4. The standard InChI is InChI=1S/C16H26ClNO3/c1-15(2,3)18-9-11-7-12(17)8-13(20-6)14(11)21-10-16(4,5)19/h7-8,18-19H,9-10H2,1-6H3. The van der Waals surface area contributed by atoms with Crippen LogP contribution in [0.25, 0.3) is 0 Å². The summed E-state index contributed by atoms with van der Waals surface area (Å²) >= 11 is 6.13. The van der Waals surface area contributed by atoms with Crippen LogP contribution in [0.15, 0.2) is 12.1 Å². The Morgan fingerprint density at radius 1 is 1.19 bits per heavy atom. The maximum atomic E-state index is 9.84. The van der Waals surface area contributed by atoms with E-state index in [1.54, 1.807) is 27.0 Å². The summed E-state index contributed by atoms with van der Waals surface area (Å²) in [5.74, 6) is 1.18. The van der Waals surface area contributed by atoms with Gasteiger partial charge in [-0.05, 0) is 40.7 Å². The minimum absolute atomic E-state index is 0.0247. The fourth-order valence-corrected chi connectivity index (χ4v) is 1.91. The van der Waals surface area contributed by atoms with E-state index in [0.29, 0.717) is 23.1 Å². The van der Waals surface area contributed by atoms with E-state index in [0.717, 1.165) is 5.56 Å². The van der Waals surface area contributed by atoms with Crippen LogP contribution in [-0.2, 0) is 6.54 Å². The molecule has 0 bridgehead atoms. The van der Waals surface area contributed by atoms with Gasteiger partial charge in [0.25, 0.3) is 0 Å². The number of rotatable bonds is 6. The largest absolute Gasteiger partial charge is 0.493 e. The second kappa shape index (κ2) is 6.86. The highest BCUT2D eigenvalue weighted by atomic mass is 35.5. The van der Waals surface area contributed by atoms with E-state index < -0.39 is 5.60 Å². The summed E-state index contributed by atoms with van der Waals surface area (Å²) < 4.78 is 11.1. The van der Waals surface area contributed by atoms with Gasteiger partial charge in [0.2, 0.25) is 0 Å². The zero-order valence-corrected chi connectivity index (χ0v) is 14.5. The molecule has 0 heterocycles. The molecule has 0 spiro atoms. The molecule has 1 rings (SSSR count). The Labute approximate surface area is 132 Å². The summed E-state index contributed by atoms with van der Waals surface area (Å²) in [4.78, 5) is 0. The molecule has 0 aliphatic carbocycles. The lowest BCUT2D eigenvalue weighted by atomic mass is 10.1. The van der Waals surface area contributed by atoms with E-state index in [-0.39, 0.29) is 12.1 Å². The van der Waals surface area contributed by atoms with E-state index in [2.05, 4.69) is 26.1 Å². The lowest BCUT2D eigenvalue weighted by Gasteiger charge is -2.24. The number of nitrogens with one attached hydrogen (secondary N) is 1. The summed E-state index contributed by atoms with van der Waals surface area (Å²) in [5.41, 5.74) is -0.0406. The quantitative estimate of drug-likeness (QED) is 0.845. The van der Waals surface area contributed by atoms with Gasteiger partial charge in [-0.15, -0.1) is 0 Å². The van der Waals surface area contributed by atoms with Gasteiger partial charge in [-0.1, -0.05) is 11.6 Å². The Kier molecular flexibility index (Phi) is 5.91. The molecule has 1 aromatic rings. The molecular formula is C16H26ClNO3. The van der Waals surface area contributed by atoms with Crippen molar-refractivity contribution in [2.45, 2.75) is 52.3 Å². The first kappa shape index (κ1) is 18.1. The van der Waals surface area contributed by atoms with Gasteiger partial charge < -0.3 is 19.9 Å². The number of halogens is 1. The Morgan fingerprint density at radius 2 is 1.81 bits per heavy atom. The molecule has 0 unspecified atom stereocenters. The second-order valence-electron chi connectivity index (χ2n) is 6.80. The molecule has 0 aliphatic rings. The minimum atomic E-state index is -0.917. The van der Waals surface area contributed by atoms with Gasteiger partial charge in [-0.2, -0.15) is 0 Å².